The van der Waals surface area contributed by atoms with Crippen molar-refractivity contribution in [3.05, 3.63) is 42.6 Å². The maximum absolute atomic E-state index is 10.7. The third-order valence-electron chi connectivity index (χ3n) is 2.73. The smallest absolute Gasteiger partial charge is 0.311 e. The lowest BCUT2D eigenvalue weighted by Crippen LogP contribution is -2.05. The van der Waals surface area contributed by atoms with Gasteiger partial charge in [-0.2, -0.15) is 0 Å². The summed E-state index contributed by atoms with van der Waals surface area (Å²) >= 11 is 0. The summed E-state index contributed by atoms with van der Waals surface area (Å²) in [5.74, 6) is -0.643. The molecule has 0 radical (unpaired) electrons. The van der Waals surface area contributed by atoms with Crippen molar-refractivity contribution in [2.75, 3.05) is 0 Å². The second-order valence-electron chi connectivity index (χ2n) is 4.06. The van der Waals surface area contributed by atoms with Crippen LogP contribution in [0.15, 0.2) is 36.8 Å². The van der Waals surface area contributed by atoms with Crippen molar-refractivity contribution in [1.29, 1.82) is 0 Å². The van der Waals surface area contributed by atoms with Gasteiger partial charge in [0, 0.05) is 11.8 Å². The van der Waals surface area contributed by atoms with E-state index in [4.69, 9.17) is 5.11 Å². The number of aromatic amines is 1. The number of imidazole rings is 1. The average molecular weight is 254 g/mol. The van der Waals surface area contributed by atoms with Gasteiger partial charge >= 0.3 is 5.97 Å². The molecule has 3 aromatic rings. The Morgan fingerprint density at radius 3 is 3.00 bits per heavy atom. The Hall–Kier alpha value is -2.76. The molecule has 0 spiro atoms. The van der Waals surface area contributed by atoms with Gasteiger partial charge in [0.1, 0.15) is 12.2 Å². The van der Waals surface area contributed by atoms with E-state index in [2.05, 4.69) is 19.9 Å². The largest absolute Gasteiger partial charge is 0.481 e. The van der Waals surface area contributed by atoms with Crippen LogP contribution in [0.2, 0.25) is 0 Å². The molecule has 0 aliphatic rings. The SMILES string of the molecule is O=C(O)Cc1nccc(-c2ccc3nc[nH]c3c2)n1. The molecule has 0 unspecified atom stereocenters. The molecule has 0 aliphatic heterocycles. The van der Waals surface area contributed by atoms with Gasteiger partial charge in [-0.15, -0.1) is 0 Å². The highest BCUT2D eigenvalue weighted by Gasteiger charge is 2.07. The number of nitrogens with one attached hydrogen (secondary N) is 1. The van der Waals surface area contributed by atoms with E-state index >= 15 is 0 Å². The van der Waals surface area contributed by atoms with Crippen molar-refractivity contribution in [1.82, 2.24) is 19.9 Å². The van der Waals surface area contributed by atoms with Gasteiger partial charge in [0.05, 0.1) is 23.1 Å². The molecule has 0 bridgehead atoms. The molecule has 6 nitrogen and oxygen atoms in total. The number of hydrogen-bond donors (Lipinski definition) is 2. The molecule has 3 rings (SSSR count). The Labute approximate surface area is 108 Å². The highest BCUT2D eigenvalue weighted by Crippen LogP contribution is 2.20. The zero-order chi connectivity index (χ0) is 13.2. The van der Waals surface area contributed by atoms with Crippen LogP contribution in [0.1, 0.15) is 5.82 Å². The number of benzene rings is 1. The lowest BCUT2D eigenvalue weighted by Gasteiger charge is -2.02. The van der Waals surface area contributed by atoms with E-state index in [1.807, 2.05) is 18.2 Å². The number of aromatic nitrogens is 4. The first-order chi connectivity index (χ1) is 9.22. The molecule has 0 saturated heterocycles. The van der Waals surface area contributed by atoms with Crippen LogP contribution in [0.3, 0.4) is 0 Å². The van der Waals surface area contributed by atoms with E-state index in [9.17, 15) is 4.79 Å². The van der Waals surface area contributed by atoms with Crippen molar-refractivity contribution in [3.63, 3.8) is 0 Å². The lowest BCUT2D eigenvalue weighted by atomic mass is 10.1. The van der Waals surface area contributed by atoms with E-state index in [1.165, 1.54) is 0 Å². The van der Waals surface area contributed by atoms with Gasteiger partial charge in [0.25, 0.3) is 0 Å². The predicted molar refractivity (Wildman–Crippen MR) is 68.5 cm³/mol. The lowest BCUT2D eigenvalue weighted by molar-refractivity contribution is -0.136. The number of nitrogens with zero attached hydrogens (tertiary/aromatic N) is 3. The number of aliphatic carboxylic acids is 1. The highest BCUT2D eigenvalue weighted by atomic mass is 16.4. The zero-order valence-corrected chi connectivity index (χ0v) is 9.87. The van der Waals surface area contributed by atoms with Crippen LogP contribution in [0.4, 0.5) is 0 Å². The van der Waals surface area contributed by atoms with E-state index in [0.29, 0.717) is 11.5 Å². The summed E-state index contributed by atoms with van der Waals surface area (Å²) < 4.78 is 0. The minimum absolute atomic E-state index is 0.180. The number of carboxylic acids is 1. The predicted octanol–water partition coefficient (Wildman–Crippen LogP) is 1.65. The second kappa shape index (κ2) is 4.49. The first-order valence-corrected chi connectivity index (χ1v) is 5.69. The van der Waals surface area contributed by atoms with Crippen LogP contribution in [0.25, 0.3) is 22.3 Å². The Kier molecular flexibility index (Phi) is 2.68. The first-order valence-electron chi connectivity index (χ1n) is 5.69. The molecule has 0 saturated carbocycles. The summed E-state index contributed by atoms with van der Waals surface area (Å²) in [6.45, 7) is 0. The van der Waals surface area contributed by atoms with Gasteiger partial charge in [0.15, 0.2) is 0 Å². The fraction of sp³-hybridized carbons (Fsp3) is 0.0769. The van der Waals surface area contributed by atoms with Crippen molar-refractivity contribution in [3.8, 4) is 11.3 Å². The van der Waals surface area contributed by atoms with Gasteiger partial charge in [-0.1, -0.05) is 6.07 Å². The summed E-state index contributed by atoms with van der Waals surface area (Å²) in [7, 11) is 0. The fourth-order valence-electron chi connectivity index (χ4n) is 1.88. The second-order valence-corrected chi connectivity index (χ2v) is 4.06. The summed E-state index contributed by atoms with van der Waals surface area (Å²) in [6, 6.07) is 7.47. The first kappa shape index (κ1) is 11.3. The van der Waals surface area contributed by atoms with Gasteiger partial charge in [-0.3, -0.25) is 4.79 Å². The molecule has 19 heavy (non-hydrogen) atoms. The highest BCUT2D eigenvalue weighted by molar-refractivity contribution is 5.80. The van der Waals surface area contributed by atoms with E-state index in [-0.39, 0.29) is 6.42 Å². The van der Waals surface area contributed by atoms with Crippen LogP contribution in [0, 0.1) is 0 Å². The van der Waals surface area contributed by atoms with Gasteiger partial charge in [-0.05, 0) is 18.2 Å². The third kappa shape index (κ3) is 2.28. The summed E-state index contributed by atoms with van der Waals surface area (Å²) in [4.78, 5) is 26.0. The van der Waals surface area contributed by atoms with Crippen LogP contribution >= 0.6 is 0 Å². The van der Waals surface area contributed by atoms with Gasteiger partial charge < -0.3 is 10.1 Å². The van der Waals surface area contributed by atoms with Crippen molar-refractivity contribution < 1.29 is 9.90 Å². The monoisotopic (exact) mass is 254 g/mol. The molecular weight excluding hydrogens is 244 g/mol. The maximum Gasteiger partial charge on any atom is 0.311 e. The molecule has 94 valence electrons. The molecule has 0 aliphatic carbocycles. The molecular formula is C13H10N4O2. The molecule has 0 fully saturated rings. The molecule has 6 heteroatoms. The Morgan fingerprint density at radius 2 is 2.16 bits per heavy atom. The molecule has 0 atom stereocenters. The molecule has 0 amide bonds. The Bertz CT molecular complexity index is 751. The van der Waals surface area contributed by atoms with Crippen molar-refractivity contribution >= 4 is 17.0 Å². The number of carboxylic acid groups (broad SMARTS) is 1. The molecule has 2 N–H and O–H groups in total. The van der Waals surface area contributed by atoms with E-state index in [1.54, 1.807) is 18.6 Å². The Morgan fingerprint density at radius 1 is 1.26 bits per heavy atom. The quantitative estimate of drug-likeness (QED) is 0.741. The summed E-state index contributed by atoms with van der Waals surface area (Å²) in [5, 5.41) is 8.75. The van der Waals surface area contributed by atoms with Gasteiger partial charge in [-0.25, -0.2) is 15.0 Å². The average Bonchev–Trinajstić information content (AvgIpc) is 2.85. The number of fused-ring (bicyclic) bond motifs is 1. The fourth-order valence-corrected chi connectivity index (χ4v) is 1.88. The standard InChI is InChI=1S/C13H10N4O2/c18-13(19)6-12-14-4-3-9(17-12)8-1-2-10-11(5-8)16-7-15-10/h1-5,7H,6H2,(H,15,16)(H,18,19). The zero-order valence-electron chi connectivity index (χ0n) is 9.87. The number of hydrogen-bond acceptors (Lipinski definition) is 4. The van der Waals surface area contributed by atoms with Crippen LogP contribution in [0.5, 0.6) is 0 Å². The summed E-state index contributed by atoms with van der Waals surface area (Å²) in [6.07, 6.45) is 3.02. The number of rotatable bonds is 3. The Balaban J connectivity index is 2.02. The topological polar surface area (TPSA) is 91.8 Å². The minimum atomic E-state index is -0.943. The minimum Gasteiger partial charge on any atom is -0.481 e. The van der Waals surface area contributed by atoms with Crippen molar-refractivity contribution in [2.45, 2.75) is 6.42 Å². The van der Waals surface area contributed by atoms with Crippen LogP contribution in [-0.2, 0) is 11.2 Å². The molecule has 2 heterocycles. The molecule has 2 aromatic heterocycles. The third-order valence-corrected chi connectivity index (χ3v) is 2.73. The van der Waals surface area contributed by atoms with Crippen molar-refractivity contribution in [2.24, 2.45) is 0 Å². The van der Waals surface area contributed by atoms with Crippen LogP contribution < -0.4 is 0 Å². The van der Waals surface area contributed by atoms with Gasteiger partial charge in [0.2, 0.25) is 0 Å². The normalized spacial score (nSPS) is 10.7. The maximum atomic E-state index is 10.7. The number of H-pyrrole nitrogens is 1. The number of carbonyl (C=O) groups is 1. The van der Waals surface area contributed by atoms with Crippen LogP contribution in [-0.4, -0.2) is 31.0 Å². The summed E-state index contributed by atoms with van der Waals surface area (Å²) in [5.41, 5.74) is 3.38. The van der Waals surface area contributed by atoms with E-state index < -0.39 is 5.97 Å². The molecule has 1 aromatic carbocycles. The van der Waals surface area contributed by atoms with E-state index in [0.717, 1.165) is 16.6 Å².